The van der Waals surface area contributed by atoms with Gasteiger partial charge in [0.1, 0.15) is 5.82 Å². The molecule has 0 fully saturated rings. The zero-order valence-electron chi connectivity index (χ0n) is 18.6. The average molecular weight is 496 g/mol. The highest BCUT2D eigenvalue weighted by atomic mass is 35.5. The summed E-state index contributed by atoms with van der Waals surface area (Å²) in [6.07, 6.45) is 4.67. The van der Waals surface area contributed by atoms with E-state index in [0.717, 1.165) is 29.3 Å². The third-order valence-corrected chi connectivity index (χ3v) is 6.60. The van der Waals surface area contributed by atoms with Crippen LogP contribution in [-0.2, 0) is 22.8 Å². The summed E-state index contributed by atoms with van der Waals surface area (Å²) in [7, 11) is -3.71. The molecule has 4 aromatic rings. The van der Waals surface area contributed by atoms with Crippen LogP contribution in [0.3, 0.4) is 0 Å². The smallest absolute Gasteiger partial charge is 0.260 e. The first-order valence-electron chi connectivity index (χ1n) is 10.4. The van der Waals surface area contributed by atoms with Crippen LogP contribution in [0.2, 0.25) is 5.02 Å². The van der Waals surface area contributed by atoms with E-state index in [1.54, 1.807) is 36.4 Å². The Morgan fingerprint density at radius 1 is 1.12 bits per heavy atom. The molecule has 0 aliphatic carbocycles. The van der Waals surface area contributed by atoms with Crippen molar-refractivity contribution in [3.05, 3.63) is 82.8 Å². The van der Waals surface area contributed by atoms with Gasteiger partial charge in [0, 0.05) is 29.7 Å². The maximum absolute atomic E-state index is 13.6. The number of sulfone groups is 1. The Kier molecular flexibility index (Phi) is 6.49. The van der Waals surface area contributed by atoms with Gasteiger partial charge in [0.05, 0.1) is 28.3 Å². The summed E-state index contributed by atoms with van der Waals surface area (Å²) in [5.74, 6) is -0.204. The topological polar surface area (TPSA) is 119 Å². The monoisotopic (exact) mass is 495 g/mol. The normalized spacial score (nSPS) is 11.5. The van der Waals surface area contributed by atoms with Crippen molar-refractivity contribution in [3.63, 3.8) is 0 Å². The molecule has 0 unspecified atom stereocenters. The van der Waals surface area contributed by atoms with Crippen molar-refractivity contribution in [2.24, 2.45) is 0 Å². The number of carbonyl (C=O) groups excluding carboxylic acids is 1. The first-order valence-corrected chi connectivity index (χ1v) is 12.7. The minimum atomic E-state index is -3.71. The summed E-state index contributed by atoms with van der Waals surface area (Å²) in [4.78, 5) is 27.7. The van der Waals surface area contributed by atoms with Crippen molar-refractivity contribution in [1.29, 1.82) is 0 Å². The predicted molar refractivity (Wildman–Crippen MR) is 133 cm³/mol. The Hall–Kier alpha value is -3.56. The third-order valence-electron chi connectivity index (χ3n) is 5.28. The van der Waals surface area contributed by atoms with E-state index < -0.39 is 15.7 Å². The van der Waals surface area contributed by atoms with Gasteiger partial charge in [0.2, 0.25) is 0 Å². The Labute approximate surface area is 202 Å². The molecule has 34 heavy (non-hydrogen) atoms. The van der Waals surface area contributed by atoms with Crippen molar-refractivity contribution in [2.45, 2.75) is 24.9 Å². The summed E-state index contributed by atoms with van der Waals surface area (Å²) in [6.45, 7) is 2.04. The molecule has 8 nitrogen and oxygen atoms in total. The second-order valence-corrected chi connectivity index (χ2v) is 10.1. The van der Waals surface area contributed by atoms with Crippen LogP contribution in [0.25, 0.3) is 10.9 Å². The van der Waals surface area contributed by atoms with Crippen LogP contribution >= 0.6 is 11.6 Å². The molecule has 3 heterocycles. The largest absolute Gasteiger partial charge is 0.382 e. The third kappa shape index (κ3) is 4.85. The second kappa shape index (κ2) is 9.36. The fourth-order valence-corrected chi connectivity index (χ4v) is 4.51. The average Bonchev–Trinajstić information content (AvgIpc) is 2.82. The number of nitrogens with two attached hydrogens (primary N) is 1. The van der Waals surface area contributed by atoms with E-state index in [9.17, 15) is 13.2 Å². The fourth-order valence-electron chi connectivity index (χ4n) is 3.54. The highest BCUT2D eigenvalue weighted by Gasteiger charge is 2.25. The molecule has 0 atom stereocenters. The molecule has 1 aromatic carbocycles. The summed E-state index contributed by atoms with van der Waals surface area (Å²) in [5.41, 5.74) is 8.53. The number of halogens is 1. The van der Waals surface area contributed by atoms with Crippen molar-refractivity contribution in [1.82, 2.24) is 15.0 Å². The van der Waals surface area contributed by atoms with Crippen LogP contribution in [0.15, 0.2) is 66.0 Å². The number of benzene rings is 1. The van der Waals surface area contributed by atoms with E-state index in [-0.39, 0.29) is 23.1 Å². The Morgan fingerprint density at radius 2 is 1.91 bits per heavy atom. The molecule has 0 saturated carbocycles. The standard InChI is InChI=1S/C24H22ClN5O3S/c1-3-18-9-8-17(13-28-18)24(31)30(21-5-4-10-27-23(21)34(2,32)33)14-15-6-7-16-12-19(25)22(26)29-20(16)11-15/h4-13H,3,14H2,1-2H3,(H2,26,29). The first kappa shape index (κ1) is 23.6. The quantitative estimate of drug-likeness (QED) is 0.428. The number of anilines is 2. The number of hydrogen-bond acceptors (Lipinski definition) is 7. The lowest BCUT2D eigenvalue weighted by atomic mass is 10.1. The predicted octanol–water partition coefficient (Wildman–Crippen LogP) is 4.07. The van der Waals surface area contributed by atoms with Crippen molar-refractivity contribution < 1.29 is 13.2 Å². The summed E-state index contributed by atoms with van der Waals surface area (Å²) >= 11 is 6.07. The molecule has 0 aliphatic heterocycles. The molecule has 0 aliphatic rings. The SMILES string of the molecule is CCc1ccc(C(=O)N(Cc2ccc3cc(Cl)c(N)nc3c2)c2cccnc2S(C)(=O)=O)cn1. The highest BCUT2D eigenvalue weighted by Crippen LogP contribution is 2.28. The van der Waals surface area contributed by atoms with E-state index >= 15 is 0 Å². The Balaban J connectivity index is 1.82. The second-order valence-electron chi connectivity index (χ2n) is 7.77. The number of pyridine rings is 3. The zero-order chi connectivity index (χ0) is 24.5. The first-order chi connectivity index (χ1) is 16.2. The zero-order valence-corrected chi connectivity index (χ0v) is 20.1. The maximum Gasteiger partial charge on any atom is 0.260 e. The van der Waals surface area contributed by atoms with Crippen LogP contribution < -0.4 is 10.6 Å². The maximum atomic E-state index is 13.6. The van der Waals surface area contributed by atoms with Gasteiger partial charge < -0.3 is 10.6 Å². The number of amides is 1. The number of rotatable bonds is 6. The van der Waals surface area contributed by atoms with Gasteiger partial charge in [0.25, 0.3) is 5.91 Å². The highest BCUT2D eigenvalue weighted by molar-refractivity contribution is 7.90. The van der Waals surface area contributed by atoms with Gasteiger partial charge in [-0.1, -0.05) is 30.7 Å². The van der Waals surface area contributed by atoms with Gasteiger partial charge in [-0.15, -0.1) is 0 Å². The van der Waals surface area contributed by atoms with Crippen molar-refractivity contribution in [2.75, 3.05) is 16.9 Å². The number of nitrogen functional groups attached to an aromatic ring is 1. The lowest BCUT2D eigenvalue weighted by molar-refractivity contribution is 0.0984. The van der Waals surface area contributed by atoms with Crippen LogP contribution in [0, 0.1) is 0 Å². The number of nitrogens with zero attached hydrogens (tertiary/aromatic N) is 4. The van der Waals surface area contributed by atoms with Crippen molar-refractivity contribution >= 4 is 49.8 Å². The van der Waals surface area contributed by atoms with E-state index in [1.807, 2.05) is 19.1 Å². The molecule has 0 bridgehead atoms. The number of aryl methyl sites for hydroxylation is 1. The Bertz CT molecular complexity index is 1490. The fraction of sp³-hybridized carbons (Fsp3) is 0.167. The lowest BCUT2D eigenvalue weighted by Gasteiger charge is -2.24. The molecular formula is C24H22ClN5O3S. The number of fused-ring (bicyclic) bond motifs is 1. The molecule has 10 heteroatoms. The summed E-state index contributed by atoms with van der Waals surface area (Å²) in [6, 6.07) is 13.8. The number of carbonyl (C=O) groups is 1. The van der Waals surface area contributed by atoms with E-state index in [0.29, 0.717) is 16.1 Å². The molecule has 3 aromatic heterocycles. The molecule has 4 rings (SSSR count). The van der Waals surface area contributed by atoms with Gasteiger partial charge in [-0.05, 0) is 48.4 Å². The minimum Gasteiger partial charge on any atom is -0.382 e. The molecule has 1 amide bonds. The molecule has 0 spiro atoms. The number of hydrogen-bond donors (Lipinski definition) is 1. The van der Waals surface area contributed by atoms with Crippen LogP contribution in [0.4, 0.5) is 11.5 Å². The van der Waals surface area contributed by atoms with Crippen LogP contribution in [0.1, 0.15) is 28.5 Å². The van der Waals surface area contributed by atoms with Gasteiger partial charge in [-0.3, -0.25) is 9.78 Å². The van der Waals surface area contributed by atoms with Gasteiger partial charge in [-0.2, -0.15) is 0 Å². The van der Waals surface area contributed by atoms with E-state index in [1.165, 1.54) is 17.3 Å². The van der Waals surface area contributed by atoms with E-state index in [4.69, 9.17) is 17.3 Å². The molecule has 0 saturated heterocycles. The minimum absolute atomic E-state index is 0.0721. The van der Waals surface area contributed by atoms with Crippen molar-refractivity contribution in [3.8, 4) is 0 Å². The molecule has 174 valence electrons. The van der Waals surface area contributed by atoms with Crippen LogP contribution in [-0.4, -0.2) is 35.5 Å². The summed E-state index contributed by atoms with van der Waals surface area (Å²) < 4.78 is 24.9. The van der Waals surface area contributed by atoms with Crippen LogP contribution in [0.5, 0.6) is 0 Å². The van der Waals surface area contributed by atoms with Gasteiger partial charge in [-0.25, -0.2) is 18.4 Å². The Morgan fingerprint density at radius 3 is 2.59 bits per heavy atom. The van der Waals surface area contributed by atoms with Gasteiger partial charge >= 0.3 is 0 Å². The molecule has 2 N–H and O–H groups in total. The molecular weight excluding hydrogens is 474 g/mol. The van der Waals surface area contributed by atoms with E-state index in [2.05, 4.69) is 15.0 Å². The lowest BCUT2D eigenvalue weighted by Crippen LogP contribution is -2.32. The molecule has 0 radical (unpaired) electrons. The summed E-state index contributed by atoms with van der Waals surface area (Å²) in [5, 5.41) is 0.961. The van der Waals surface area contributed by atoms with Gasteiger partial charge in [0.15, 0.2) is 14.9 Å². The number of aromatic nitrogens is 3.